The highest BCUT2D eigenvalue weighted by Gasteiger charge is 2.67. The summed E-state index contributed by atoms with van der Waals surface area (Å²) in [5.74, 6) is 1.87. The van der Waals surface area contributed by atoms with E-state index in [1.165, 1.54) is 12.8 Å². The number of fused-ring (bicyclic) bond motifs is 2. The number of benzene rings is 1. The first-order valence-electron chi connectivity index (χ1n) is 11.2. The largest absolute Gasteiger partial charge is 0.383 e. The number of nitrogens with zero attached hydrogens (tertiary/aromatic N) is 1. The van der Waals surface area contributed by atoms with E-state index in [4.69, 9.17) is 15.5 Å². The number of H-pyrrole nitrogens is 1. The first-order valence-corrected chi connectivity index (χ1v) is 11.2. The molecule has 3 aliphatic carbocycles. The standard InChI is InChI=1S/C24H32N4O3/c1-22-11-24(9-15(22)4-5-16(22)10-24)19(26-13-29)20-27-17-7-6-14(8-18(17)28-20)23(2,12-31-3)21(25)30/h6-8,13,15-16,19H,4-5,9-12H2,1-3H3,(H2,25,30)(H,26,29)(H,27,28). The summed E-state index contributed by atoms with van der Waals surface area (Å²) < 4.78 is 5.27. The van der Waals surface area contributed by atoms with E-state index >= 15 is 0 Å². The molecule has 31 heavy (non-hydrogen) atoms. The van der Waals surface area contributed by atoms with Gasteiger partial charge in [0.2, 0.25) is 12.3 Å². The number of ether oxygens (including phenoxy) is 1. The van der Waals surface area contributed by atoms with Crippen molar-refractivity contribution >= 4 is 23.4 Å². The minimum Gasteiger partial charge on any atom is -0.383 e. The summed E-state index contributed by atoms with van der Waals surface area (Å²) in [6.45, 7) is 4.44. The molecule has 5 rings (SSSR count). The Kier molecular flexibility index (Phi) is 4.49. The Morgan fingerprint density at radius 3 is 2.71 bits per heavy atom. The summed E-state index contributed by atoms with van der Waals surface area (Å²) in [6, 6.07) is 5.61. The smallest absolute Gasteiger partial charge is 0.230 e. The third-order valence-corrected chi connectivity index (χ3v) is 9.00. The highest BCUT2D eigenvalue weighted by atomic mass is 16.5. The highest BCUT2D eigenvalue weighted by molar-refractivity contribution is 5.88. The third kappa shape index (κ3) is 2.78. The number of aromatic amines is 1. The van der Waals surface area contributed by atoms with Crippen LogP contribution in [0, 0.1) is 22.7 Å². The van der Waals surface area contributed by atoms with Crippen molar-refractivity contribution in [1.29, 1.82) is 0 Å². The first kappa shape index (κ1) is 20.5. The maximum absolute atomic E-state index is 12.2. The van der Waals surface area contributed by atoms with Gasteiger partial charge in [-0.3, -0.25) is 9.59 Å². The molecule has 3 saturated carbocycles. The van der Waals surface area contributed by atoms with Crippen molar-refractivity contribution in [2.45, 2.75) is 57.4 Å². The number of imidazole rings is 1. The molecule has 0 saturated heterocycles. The van der Waals surface area contributed by atoms with Gasteiger partial charge in [0.05, 0.1) is 29.1 Å². The Morgan fingerprint density at radius 1 is 1.42 bits per heavy atom. The van der Waals surface area contributed by atoms with Crippen molar-refractivity contribution in [2.75, 3.05) is 13.7 Å². The van der Waals surface area contributed by atoms with Crippen molar-refractivity contribution in [3.8, 4) is 0 Å². The van der Waals surface area contributed by atoms with Crippen LogP contribution in [0.5, 0.6) is 0 Å². The summed E-state index contributed by atoms with van der Waals surface area (Å²) in [7, 11) is 1.56. The van der Waals surface area contributed by atoms with Gasteiger partial charge in [-0.25, -0.2) is 4.98 Å². The van der Waals surface area contributed by atoms with Gasteiger partial charge in [-0.15, -0.1) is 0 Å². The topological polar surface area (TPSA) is 110 Å². The van der Waals surface area contributed by atoms with Crippen molar-refractivity contribution in [2.24, 2.45) is 28.4 Å². The molecule has 1 aromatic heterocycles. The van der Waals surface area contributed by atoms with Gasteiger partial charge in [0, 0.05) is 7.11 Å². The molecule has 166 valence electrons. The lowest BCUT2D eigenvalue weighted by atomic mass is 9.71. The zero-order valence-corrected chi connectivity index (χ0v) is 18.5. The molecule has 2 bridgehead atoms. The van der Waals surface area contributed by atoms with Crippen molar-refractivity contribution in [3.63, 3.8) is 0 Å². The van der Waals surface area contributed by atoms with Gasteiger partial charge >= 0.3 is 0 Å². The summed E-state index contributed by atoms with van der Waals surface area (Å²) >= 11 is 0. The summed E-state index contributed by atoms with van der Waals surface area (Å²) in [5.41, 5.74) is 7.67. The Hall–Kier alpha value is -2.41. The fourth-order valence-electron chi connectivity index (χ4n) is 7.36. The molecule has 0 aliphatic heterocycles. The Balaban J connectivity index is 1.53. The second-order valence-corrected chi connectivity index (χ2v) is 10.6. The maximum Gasteiger partial charge on any atom is 0.230 e. The fourth-order valence-corrected chi connectivity index (χ4v) is 7.36. The number of carbonyl (C=O) groups is 2. The molecule has 3 fully saturated rings. The Morgan fingerprint density at radius 2 is 2.13 bits per heavy atom. The SMILES string of the molecule is COCC(C)(C(N)=O)c1ccc2[nH]c(C(NC=O)C34CC5CCC(C3)C5(C)C4)nc2c1. The lowest BCUT2D eigenvalue weighted by molar-refractivity contribution is -0.124. The lowest BCUT2D eigenvalue weighted by Gasteiger charge is -2.36. The number of amides is 2. The van der Waals surface area contributed by atoms with Gasteiger partial charge < -0.3 is 20.8 Å². The van der Waals surface area contributed by atoms with Gasteiger partial charge in [-0.2, -0.15) is 0 Å². The molecule has 4 N–H and O–H groups in total. The molecule has 7 nitrogen and oxygen atoms in total. The monoisotopic (exact) mass is 424 g/mol. The Bertz CT molecular complexity index is 1030. The van der Waals surface area contributed by atoms with E-state index < -0.39 is 11.3 Å². The van der Waals surface area contributed by atoms with Crippen LogP contribution >= 0.6 is 0 Å². The number of rotatable bonds is 8. The Labute approximate surface area is 182 Å². The number of hydrogen-bond acceptors (Lipinski definition) is 4. The summed E-state index contributed by atoms with van der Waals surface area (Å²) in [4.78, 5) is 32.1. The predicted octanol–water partition coefficient (Wildman–Crippen LogP) is 2.96. The molecule has 1 aromatic carbocycles. The average Bonchev–Trinajstić information content (AvgIpc) is 3.38. The van der Waals surface area contributed by atoms with Crippen LogP contribution < -0.4 is 11.1 Å². The molecule has 0 radical (unpaired) electrons. The van der Waals surface area contributed by atoms with Crippen LogP contribution in [0.2, 0.25) is 0 Å². The van der Waals surface area contributed by atoms with E-state index in [0.717, 1.165) is 59.9 Å². The molecule has 7 heteroatoms. The zero-order valence-electron chi connectivity index (χ0n) is 18.5. The second-order valence-electron chi connectivity index (χ2n) is 10.6. The van der Waals surface area contributed by atoms with Gasteiger partial charge in [-0.05, 0) is 79.4 Å². The quantitative estimate of drug-likeness (QED) is 0.566. The van der Waals surface area contributed by atoms with Crippen molar-refractivity contribution in [1.82, 2.24) is 15.3 Å². The molecule has 2 amide bonds. The van der Waals surface area contributed by atoms with E-state index in [9.17, 15) is 9.59 Å². The second kappa shape index (κ2) is 6.79. The molecule has 4 unspecified atom stereocenters. The minimum absolute atomic E-state index is 0.0655. The molecule has 4 atom stereocenters. The van der Waals surface area contributed by atoms with Crippen LogP contribution in [-0.2, 0) is 19.7 Å². The van der Waals surface area contributed by atoms with E-state index in [-0.39, 0.29) is 18.1 Å². The third-order valence-electron chi connectivity index (χ3n) is 9.00. The summed E-state index contributed by atoms with van der Waals surface area (Å²) in [6.07, 6.45) is 6.90. The lowest BCUT2D eigenvalue weighted by Crippen LogP contribution is -2.42. The molecular formula is C24H32N4O3. The molecule has 2 aromatic rings. The average molecular weight is 425 g/mol. The zero-order chi connectivity index (χ0) is 22.0. The van der Waals surface area contributed by atoms with Crippen molar-refractivity contribution in [3.05, 3.63) is 29.6 Å². The van der Waals surface area contributed by atoms with Crippen LogP contribution in [-0.4, -0.2) is 36.0 Å². The van der Waals surface area contributed by atoms with Crippen LogP contribution in [0.4, 0.5) is 0 Å². The number of aromatic nitrogens is 2. The fraction of sp³-hybridized carbons (Fsp3) is 0.625. The van der Waals surface area contributed by atoms with Crippen molar-refractivity contribution < 1.29 is 14.3 Å². The summed E-state index contributed by atoms with van der Waals surface area (Å²) in [5, 5.41) is 3.12. The number of carbonyl (C=O) groups excluding carboxylic acids is 2. The molecular weight excluding hydrogens is 392 g/mol. The number of primary amides is 1. The van der Waals surface area contributed by atoms with Gasteiger partial charge in [0.15, 0.2) is 0 Å². The molecule has 0 spiro atoms. The van der Waals surface area contributed by atoms with Crippen LogP contribution in [0.25, 0.3) is 11.0 Å². The van der Waals surface area contributed by atoms with Gasteiger partial charge in [0.25, 0.3) is 0 Å². The normalized spacial score (nSPS) is 34.0. The van der Waals surface area contributed by atoms with Gasteiger partial charge in [-0.1, -0.05) is 13.0 Å². The van der Waals surface area contributed by atoms with Crippen LogP contribution in [0.3, 0.4) is 0 Å². The molecule has 1 heterocycles. The van der Waals surface area contributed by atoms with E-state index in [1.807, 2.05) is 18.2 Å². The van der Waals surface area contributed by atoms with Gasteiger partial charge in [0.1, 0.15) is 5.82 Å². The highest BCUT2D eigenvalue weighted by Crippen LogP contribution is 2.75. The predicted molar refractivity (Wildman–Crippen MR) is 117 cm³/mol. The number of methoxy groups -OCH3 is 1. The van der Waals surface area contributed by atoms with Crippen LogP contribution in [0.15, 0.2) is 18.2 Å². The number of nitrogens with one attached hydrogen (secondary N) is 2. The first-order chi connectivity index (χ1) is 14.8. The number of nitrogens with two attached hydrogens (primary N) is 1. The maximum atomic E-state index is 12.2. The van der Waals surface area contributed by atoms with E-state index in [0.29, 0.717) is 5.41 Å². The minimum atomic E-state index is -0.931. The molecule has 3 aliphatic rings. The van der Waals surface area contributed by atoms with E-state index in [2.05, 4.69) is 17.2 Å². The number of hydrogen-bond donors (Lipinski definition) is 3. The van der Waals surface area contributed by atoms with E-state index in [1.54, 1.807) is 14.0 Å². The van der Waals surface area contributed by atoms with Crippen LogP contribution in [0.1, 0.15) is 63.4 Å².